The molecule has 0 saturated heterocycles. The lowest BCUT2D eigenvalue weighted by Crippen LogP contribution is -2.26. The highest BCUT2D eigenvalue weighted by atomic mass is 32.2. The van der Waals surface area contributed by atoms with Gasteiger partial charge in [0.2, 0.25) is 10.0 Å². The maximum absolute atomic E-state index is 12.5. The summed E-state index contributed by atoms with van der Waals surface area (Å²) in [6.45, 7) is 5.03. The van der Waals surface area contributed by atoms with Crippen LogP contribution in [0.4, 0.5) is 0 Å². The van der Waals surface area contributed by atoms with Crippen molar-refractivity contribution in [3.63, 3.8) is 0 Å². The van der Waals surface area contributed by atoms with E-state index in [1.54, 1.807) is 0 Å². The van der Waals surface area contributed by atoms with E-state index in [9.17, 15) is 8.42 Å². The van der Waals surface area contributed by atoms with Crippen molar-refractivity contribution in [1.82, 2.24) is 9.71 Å². The molecule has 2 N–H and O–H groups in total. The van der Waals surface area contributed by atoms with Gasteiger partial charge >= 0.3 is 0 Å². The molecule has 1 unspecified atom stereocenters. The minimum atomic E-state index is -3.30. The average Bonchev–Trinajstić information content (AvgIpc) is 3.10. The van der Waals surface area contributed by atoms with Crippen molar-refractivity contribution in [2.75, 3.05) is 12.3 Å². The second-order valence-electron chi connectivity index (χ2n) is 8.24. The predicted octanol–water partition coefficient (Wildman–Crippen LogP) is 5.84. The summed E-state index contributed by atoms with van der Waals surface area (Å²) in [7, 11) is -3.30. The molecule has 164 valence electrons. The molecule has 0 aliphatic rings. The number of aromatic amines is 1. The molecule has 2 aromatic rings. The molecular formula is C23H38N2O2S2. The van der Waals surface area contributed by atoms with Crippen LogP contribution in [-0.4, -0.2) is 25.7 Å². The van der Waals surface area contributed by atoms with Gasteiger partial charge in [-0.1, -0.05) is 52.0 Å². The Balaban J connectivity index is 1.84. The molecule has 29 heavy (non-hydrogen) atoms. The maximum Gasteiger partial charge on any atom is 0.215 e. The zero-order chi connectivity index (χ0) is 21.1. The van der Waals surface area contributed by atoms with E-state index in [2.05, 4.69) is 42.4 Å². The van der Waals surface area contributed by atoms with Crippen molar-refractivity contribution in [1.29, 1.82) is 0 Å². The van der Waals surface area contributed by atoms with Gasteiger partial charge < -0.3 is 4.98 Å². The molecule has 0 amide bonds. The van der Waals surface area contributed by atoms with Crippen LogP contribution in [0.15, 0.2) is 24.4 Å². The highest BCUT2D eigenvalue weighted by Gasteiger charge is 2.13. The van der Waals surface area contributed by atoms with Crippen molar-refractivity contribution in [3.8, 4) is 0 Å². The summed E-state index contributed by atoms with van der Waals surface area (Å²) in [5.41, 5.74) is 3.21. The van der Waals surface area contributed by atoms with Gasteiger partial charge in [0.25, 0.3) is 0 Å². The minimum Gasteiger partial charge on any atom is -0.361 e. The summed E-state index contributed by atoms with van der Waals surface area (Å²) in [5.74, 6) is 1.70. The van der Waals surface area contributed by atoms with Crippen LogP contribution >= 0.6 is 12.6 Å². The highest BCUT2D eigenvalue weighted by Crippen LogP contribution is 2.23. The van der Waals surface area contributed by atoms with E-state index in [0.717, 1.165) is 47.9 Å². The highest BCUT2D eigenvalue weighted by molar-refractivity contribution is 7.88. The number of fused-ring (bicyclic) bond motifs is 1. The SMILES string of the molecule is CCC(C)CCc1c[nH]c2ccc(CS(=O)(=O)NCCCCCCCCS)cc12. The lowest BCUT2D eigenvalue weighted by Gasteiger charge is -2.09. The Hall–Kier alpha value is -0.980. The summed E-state index contributed by atoms with van der Waals surface area (Å²) in [6.07, 6.45) is 12.2. The van der Waals surface area contributed by atoms with Gasteiger partial charge in [0.05, 0.1) is 5.75 Å². The van der Waals surface area contributed by atoms with Crippen LogP contribution in [0.25, 0.3) is 10.9 Å². The first-order chi connectivity index (χ1) is 13.9. The largest absolute Gasteiger partial charge is 0.361 e. The third-order valence-corrected chi connectivity index (χ3v) is 7.37. The Morgan fingerprint density at radius 2 is 1.83 bits per heavy atom. The molecule has 2 rings (SSSR count). The fourth-order valence-corrected chi connectivity index (χ4v) is 4.97. The summed E-state index contributed by atoms with van der Waals surface area (Å²) >= 11 is 4.22. The van der Waals surface area contributed by atoms with E-state index < -0.39 is 10.0 Å². The van der Waals surface area contributed by atoms with E-state index in [-0.39, 0.29) is 5.75 Å². The van der Waals surface area contributed by atoms with Gasteiger partial charge in [-0.15, -0.1) is 0 Å². The lowest BCUT2D eigenvalue weighted by atomic mass is 9.98. The van der Waals surface area contributed by atoms with E-state index in [4.69, 9.17) is 0 Å². The number of aromatic nitrogens is 1. The Labute approximate surface area is 182 Å². The van der Waals surface area contributed by atoms with Crippen molar-refractivity contribution in [2.24, 2.45) is 5.92 Å². The predicted molar refractivity (Wildman–Crippen MR) is 128 cm³/mol. The van der Waals surface area contributed by atoms with Crippen LogP contribution in [-0.2, 0) is 22.2 Å². The number of unbranched alkanes of at least 4 members (excludes halogenated alkanes) is 5. The minimum absolute atomic E-state index is 0.0425. The molecule has 0 aliphatic carbocycles. The standard InChI is InChI=1S/C23H38N2O2S2/c1-3-19(2)10-12-21-17-24-23-13-11-20(16-22(21)23)18-29(26,27)25-14-8-6-4-5-7-9-15-28/h11,13,16-17,19,24-25,28H,3-10,12,14-15,18H2,1-2H3. The van der Waals surface area contributed by atoms with Crippen molar-refractivity contribution >= 4 is 33.6 Å². The number of benzene rings is 1. The van der Waals surface area contributed by atoms with E-state index >= 15 is 0 Å². The molecular weight excluding hydrogens is 400 g/mol. The lowest BCUT2D eigenvalue weighted by molar-refractivity contribution is 0.517. The summed E-state index contributed by atoms with van der Waals surface area (Å²) in [6, 6.07) is 5.95. The molecule has 0 bridgehead atoms. The van der Waals surface area contributed by atoms with Crippen LogP contribution in [0.2, 0.25) is 0 Å². The topological polar surface area (TPSA) is 62.0 Å². The number of hydrogen-bond donors (Lipinski definition) is 3. The van der Waals surface area contributed by atoms with Crippen LogP contribution in [0.5, 0.6) is 0 Å². The molecule has 1 aromatic heterocycles. The number of nitrogens with one attached hydrogen (secondary N) is 2. The quantitative estimate of drug-likeness (QED) is 0.242. The van der Waals surface area contributed by atoms with Crippen LogP contribution < -0.4 is 4.72 Å². The Bertz CT molecular complexity index is 831. The van der Waals surface area contributed by atoms with Gasteiger partial charge in [0.1, 0.15) is 0 Å². The average molecular weight is 439 g/mol. The Morgan fingerprint density at radius 3 is 2.55 bits per heavy atom. The number of thiol groups is 1. The molecule has 0 aliphatic heterocycles. The molecule has 0 fully saturated rings. The zero-order valence-electron chi connectivity index (χ0n) is 18.0. The smallest absolute Gasteiger partial charge is 0.215 e. The summed E-state index contributed by atoms with van der Waals surface area (Å²) < 4.78 is 27.7. The first-order valence-electron chi connectivity index (χ1n) is 11.1. The molecule has 0 radical (unpaired) electrons. The molecule has 1 aromatic carbocycles. The van der Waals surface area contributed by atoms with E-state index in [1.807, 2.05) is 18.2 Å². The first kappa shape index (κ1) is 24.3. The second kappa shape index (κ2) is 12.7. The van der Waals surface area contributed by atoms with Gasteiger partial charge in [0.15, 0.2) is 0 Å². The van der Waals surface area contributed by atoms with Crippen molar-refractivity contribution < 1.29 is 8.42 Å². The fourth-order valence-electron chi connectivity index (χ4n) is 3.57. The van der Waals surface area contributed by atoms with Gasteiger partial charge in [-0.2, -0.15) is 12.6 Å². The number of rotatable bonds is 15. The number of aryl methyl sites for hydroxylation is 1. The third-order valence-electron chi connectivity index (χ3n) is 5.70. The Kier molecular flexibility index (Phi) is 10.6. The van der Waals surface area contributed by atoms with Crippen LogP contribution in [0.3, 0.4) is 0 Å². The third kappa shape index (κ3) is 8.73. The van der Waals surface area contributed by atoms with Gasteiger partial charge in [-0.3, -0.25) is 0 Å². The summed E-state index contributed by atoms with van der Waals surface area (Å²) in [5, 5.41) is 1.15. The van der Waals surface area contributed by atoms with E-state index in [1.165, 1.54) is 37.7 Å². The van der Waals surface area contributed by atoms with Gasteiger partial charge in [-0.25, -0.2) is 13.1 Å². The summed E-state index contributed by atoms with van der Waals surface area (Å²) in [4.78, 5) is 3.32. The fraction of sp³-hybridized carbons (Fsp3) is 0.652. The zero-order valence-corrected chi connectivity index (χ0v) is 19.8. The number of sulfonamides is 1. The molecule has 0 saturated carbocycles. The van der Waals surface area contributed by atoms with Gasteiger partial charge in [-0.05, 0) is 60.6 Å². The van der Waals surface area contributed by atoms with Gasteiger partial charge in [0, 0.05) is 23.6 Å². The Morgan fingerprint density at radius 1 is 1.10 bits per heavy atom. The van der Waals surface area contributed by atoms with E-state index in [0.29, 0.717) is 12.5 Å². The molecule has 1 heterocycles. The first-order valence-corrected chi connectivity index (χ1v) is 13.4. The number of H-pyrrole nitrogens is 1. The molecule has 1 atom stereocenters. The number of hydrogen-bond acceptors (Lipinski definition) is 3. The monoisotopic (exact) mass is 438 g/mol. The van der Waals surface area contributed by atoms with Crippen molar-refractivity contribution in [3.05, 3.63) is 35.5 Å². The van der Waals surface area contributed by atoms with Crippen LogP contribution in [0, 0.1) is 5.92 Å². The molecule has 4 nitrogen and oxygen atoms in total. The normalized spacial score (nSPS) is 13.2. The second-order valence-corrected chi connectivity index (χ2v) is 10.5. The molecule has 6 heteroatoms. The maximum atomic E-state index is 12.5. The van der Waals surface area contributed by atoms with Crippen molar-refractivity contribution in [2.45, 2.75) is 77.4 Å². The molecule has 0 spiro atoms. The van der Waals surface area contributed by atoms with Crippen LogP contribution in [0.1, 0.15) is 76.3 Å².